The van der Waals surface area contributed by atoms with Crippen molar-refractivity contribution in [2.45, 2.75) is 32.2 Å². The van der Waals surface area contributed by atoms with Crippen LogP contribution in [0.25, 0.3) is 0 Å². The van der Waals surface area contributed by atoms with Crippen molar-refractivity contribution >= 4 is 16.1 Å². The molecule has 0 spiro atoms. The monoisotopic (exact) mass is 261 g/mol. The van der Waals surface area contributed by atoms with E-state index in [2.05, 4.69) is 5.32 Å². The molecule has 2 saturated heterocycles. The van der Waals surface area contributed by atoms with E-state index in [1.165, 1.54) is 8.61 Å². The minimum atomic E-state index is -3.46. The molecule has 6 nitrogen and oxygen atoms in total. The van der Waals surface area contributed by atoms with Crippen LogP contribution >= 0.6 is 0 Å². The quantitative estimate of drug-likeness (QED) is 0.731. The average molecular weight is 261 g/mol. The molecule has 1 atom stereocenters. The zero-order chi connectivity index (χ0) is 12.5. The smallest absolute Gasteiger partial charge is 0.282 e. The van der Waals surface area contributed by atoms with Crippen LogP contribution in [0.5, 0.6) is 0 Å². The van der Waals surface area contributed by atoms with Crippen LogP contribution < -0.4 is 5.32 Å². The third kappa shape index (κ3) is 2.46. The van der Waals surface area contributed by atoms with E-state index in [0.717, 1.165) is 19.3 Å². The molecule has 1 N–H and O–H groups in total. The Labute approximate surface area is 102 Å². The summed E-state index contributed by atoms with van der Waals surface area (Å²) >= 11 is 0. The number of piperidine rings is 1. The number of nitrogens with zero attached hydrogens (tertiary/aromatic N) is 2. The first kappa shape index (κ1) is 12.8. The van der Waals surface area contributed by atoms with Crippen molar-refractivity contribution in [1.29, 1.82) is 0 Å². The Morgan fingerprint density at radius 3 is 2.47 bits per heavy atom. The Bertz CT molecular complexity index is 390. The van der Waals surface area contributed by atoms with Crippen molar-refractivity contribution in [2.24, 2.45) is 0 Å². The van der Waals surface area contributed by atoms with Crippen molar-refractivity contribution in [1.82, 2.24) is 13.9 Å². The van der Waals surface area contributed by atoms with Gasteiger partial charge in [-0.25, -0.2) is 0 Å². The normalized spacial score (nSPS) is 29.0. The maximum atomic E-state index is 12.4. The molecule has 2 aliphatic heterocycles. The molecule has 98 valence electrons. The molecule has 0 bridgehead atoms. The van der Waals surface area contributed by atoms with Crippen LogP contribution in [0.2, 0.25) is 0 Å². The van der Waals surface area contributed by atoms with Gasteiger partial charge in [-0.3, -0.25) is 4.79 Å². The van der Waals surface area contributed by atoms with Crippen LogP contribution in [0.15, 0.2) is 0 Å². The number of carbonyl (C=O) groups excluding carboxylic acids is 1. The van der Waals surface area contributed by atoms with Crippen LogP contribution in [0.3, 0.4) is 0 Å². The maximum absolute atomic E-state index is 12.4. The van der Waals surface area contributed by atoms with E-state index < -0.39 is 16.3 Å². The van der Waals surface area contributed by atoms with Crippen LogP contribution in [-0.2, 0) is 15.0 Å². The molecule has 17 heavy (non-hydrogen) atoms. The van der Waals surface area contributed by atoms with Crippen LogP contribution in [-0.4, -0.2) is 55.2 Å². The lowest BCUT2D eigenvalue weighted by atomic mass is 10.2. The molecule has 2 aliphatic rings. The van der Waals surface area contributed by atoms with Gasteiger partial charge in [-0.15, -0.1) is 0 Å². The van der Waals surface area contributed by atoms with E-state index >= 15 is 0 Å². The second-order valence-corrected chi connectivity index (χ2v) is 6.43. The van der Waals surface area contributed by atoms with E-state index in [1.54, 1.807) is 6.92 Å². The van der Waals surface area contributed by atoms with Crippen molar-refractivity contribution in [3.8, 4) is 0 Å². The largest absolute Gasteiger partial charge is 0.353 e. The summed E-state index contributed by atoms with van der Waals surface area (Å²) in [4.78, 5) is 11.5. The van der Waals surface area contributed by atoms with Gasteiger partial charge in [0, 0.05) is 26.2 Å². The summed E-state index contributed by atoms with van der Waals surface area (Å²) in [5.41, 5.74) is 0. The highest BCUT2D eigenvalue weighted by Gasteiger charge is 2.38. The summed E-state index contributed by atoms with van der Waals surface area (Å²) in [6.07, 6.45) is 2.91. The summed E-state index contributed by atoms with van der Waals surface area (Å²) in [7, 11) is -3.46. The fourth-order valence-corrected chi connectivity index (χ4v) is 4.15. The first-order chi connectivity index (χ1) is 8.03. The SMILES string of the molecule is CC1C(=O)NCCN1S(=O)(=O)N1CCCCC1. The van der Waals surface area contributed by atoms with Gasteiger partial charge < -0.3 is 5.32 Å². The predicted octanol–water partition coefficient (Wildman–Crippen LogP) is -0.463. The summed E-state index contributed by atoms with van der Waals surface area (Å²) < 4.78 is 27.6. The third-order valence-electron chi connectivity index (χ3n) is 3.38. The third-order valence-corrected chi connectivity index (χ3v) is 5.49. The molecule has 0 radical (unpaired) electrons. The summed E-state index contributed by atoms with van der Waals surface area (Å²) in [5, 5.41) is 2.67. The summed E-state index contributed by atoms with van der Waals surface area (Å²) in [6, 6.07) is -0.601. The standard InChI is InChI=1S/C10H19N3O3S/c1-9-10(14)11-5-8-13(9)17(15,16)12-6-3-2-4-7-12/h9H,2-8H2,1H3,(H,11,14). The molecule has 2 fully saturated rings. The molecule has 7 heteroatoms. The first-order valence-electron chi connectivity index (χ1n) is 6.08. The fraction of sp³-hybridized carbons (Fsp3) is 0.900. The number of amides is 1. The average Bonchev–Trinajstić information content (AvgIpc) is 2.33. The van der Waals surface area contributed by atoms with Gasteiger partial charge >= 0.3 is 0 Å². The van der Waals surface area contributed by atoms with Crippen molar-refractivity contribution in [3.05, 3.63) is 0 Å². The van der Waals surface area contributed by atoms with Gasteiger partial charge in [0.05, 0.1) is 0 Å². The first-order valence-corrected chi connectivity index (χ1v) is 7.48. The van der Waals surface area contributed by atoms with Crippen molar-refractivity contribution < 1.29 is 13.2 Å². The number of carbonyl (C=O) groups is 1. The van der Waals surface area contributed by atoms with E-state index in [1.807, 2.05) is 0 Å². The second kappa shape index (κ2) is 4.91. The minimum Gasteiger partial charge on any atom is -0.353 e. The van der Waals surface area contributed by atoms with Gasteiger partial charge in [0.2, 0.25) is 5.91 Å². The molecule has 0 saturated carbocycles. The Balaban J connectivity index is 2.16. The highest BCUT2D eigenvalue weighted by molar-refractivity contribution is 7.86. The van der Waals surface area contributed by atoms with Gasteiger partial charge in [0.15, 0.2) is 0 Å². The van der Waals surface area contributed by atoms with Gasteiger partial charge in [-0.1, -0.05) is 6.42 Å². The highest BCUT2D eigenvalue weighted by atomic mass is 32.2. The Morgan fingerprint density at radius 1 is 1.18 bits per heavy atom. The second-order valence-electron chi connectivity index (χ2n) is 4.55. The molecule has 0 aromatic carbocycles. The van der Waals surface area contributed by atoms with E-state index in [-0.39, 0.29) is 5.91 Å². The molecule has 0 aromatic heterocycles. The molecular formula is C10H19N3O3S. The zero-order valence-corrected chi connectivity index (χ0v) is 10.9. The lowest BCUT2D eigenvalue weighted by Crippen LogP contribution is -2.59. The van der Waals surface area contributed by atoms with E-state index in [9.17, 15) is 13.2 Å². The van der Waals surface area contributed by atoms with Gasteiger partial charge in [-0.2, -0.15) is 17.0 Å². The van der Waals surface area contributed by atoms with Gasteiger partial charge in [-0.05, 0) is 19.8 Å². The Hall–Kier alpha value is -0.660. The number of nitrogens with one attached hydrogen (secondary N) is 1. The number of hydrogen-bond donors (Lipinski definition) is 1. The van der Waals surface area contributed by atoms with Crippen LogP contribution in [0.1, 0.15) is 26.2 Å². The van der Waals surface area contributed by atoms with E-state index in [0.29, 0.717) is 26.2 Å². The van der Waals surface area contributed by atoms with Gasteiger partial charge in [0.25, 0.3) is 10.2 Å². The van der Waals surface area contributed by atoms with Gasteiger partial charge in [0.1, 0.15) is 6.04 Å². The highest BCUT2D eigenvalue weighted by Crippen LogP contribution is 2.19. The molecule has 0 aliphatic carbocycles. The minimum absolute atomic E-state index is 0.211. The summed E-state index contributed by atoms with van der Waals surface area (Å²) in [5.74, 6) is -0.211. The van der Waals surface area contributed by atoms with Crippen LogP contribution in [0.4, 0.5) is 0 Å². The lowest BCUT2D eigenvalue weighted by Gasteiger charge is -2.37. The molecule has 1 amide bonds. The van der Waals surface area contributed by atoms with E-state index in [4.69, 9.17) is 0 Å². The molecule has 0 aromatic rings. The van der Waals surface area contributed by atoms with Crippen molar-refractivity contribution in [2.75, 3.05) is 26.2 Å². The number of hydrogen-bond acceptors (Lipinski definition) is 3. The van der Waals surface area contributed by atoms with Crippen molar-refractivity contribution in [3.63, 3.8) is 0 Å². The Kier molecular flexibility index (Phi) is 3.70. The predicted molar refractivity (Wildman–Crippen MR) is 63.5 cm³/mol. The summed E-state index contributed by atoms with van der Waals surface area (Å²) in [6.45, 7) is 3.55. The molecular weight excluding hydrogens is 242 g/mol. The number of piperazine rings is 1. The topological polar surface area (TPSA) is 69.7 Å². The Morgan fingerprint density at radius 2 is 1.82 bits per heavy atom. The number of rotatable bonds is 2. The lowest BCUT2D eigenvalue weighted by molar-refractivity contribution is -0.126. The molecule has 2 rings (SSSR count). The fourth-order valence-electron chi connectivity index (χ4n) is 2.32. The van der Waals surface area contributed by atoms with Crippen LogP contribution in [0, 0.1) is 0 Å². The molecule has 2 heterocycles. The molecule has 1 unspecified atom stereocenters. The maximum Gasteiger partial charge on any atom is 0.282 e. The zero-order valence-electron chi connectivity index (χ0n) is 10.1.